The second-order valence-corrected chi connectivity index (χ2v) is 7.15. The van der Waals surface area contributed by atoms with Gasteiger partial charge in [-0.25, -0.2) is 0 Å². The third-order valence-corrected chi connectivity index (χ3v) is 5.13. The third kappa shape index (κ3) is 5.00. The summed E-state index contributed by atoms with van der Waals surface area (Å²) in [6.45, 7) is 6.99. The van der Waals surface area contributed by atoms with Crippen LogP contribution in [0.25, 0.3) is 0 Å². The first-order valence-electron chi connectivity index (χ1n) is 7.63. The molecule has 0 atom stereocenters. The number of nitrogens with one attached hydrogen (secondary N) is 1. The van der Waals surface area contributed by atoms with Gasteiger partial charge in [-0.3, -0.25) is 4.79 Å². The first-order chi connectivity index (χ1) is 11.2. The number of carbonyl (C=O) groups excluding carboxylic acids is 1. The molecular formula is C16H22N4OS2. The van der Waals surface area contributed by atoms with Gasteiger partial charge < -0.3 is 9.88 Å². The summed E-state index contributed by atoms with van der Waals surface area (Å²) >= 11 is 3.25. The predicted molar refractivity (Wildman–Crippen MR) is 98.1 cm³/mol. The summed E-state index contributed by atoms with van der Waals surface area (Å²) in [4.78, 5) is 12.1. The second kappa shape index (κ2) is 8.98. The predicted octanol–water partition coefficient (Wildman–Crippen LogP) is 3.59. The summed E-state index contributed by atoms with van der Waals surface area (Å²) in [6.07, 6.45) is 0. The number of hydrogen-bond donors (Lipinski definition) is 1. The van der Waals surface area contributed by atoms with Crippen molar-refractivity contribution in [2.75, 3.05) is 16.8 Å². The standard InChI is InChI=1S/C16H22N4OS2/c1-4-20-14(10-22-5-2)18-19-16(20)23-11-15(21)17-13-9-7-6-8-12(13)3/h6-9H,4-5,10-11H2,1-3H3,(H,17,21). The molecule has 2 aromatic rings. The van der Waals surface area contributed by atoms with Crippen LogP contribution in [0.1, 0.15) is 25.2 Å². The smallest absolute Gasteiger partial charge is 0.234 e. The average Bonchev–Trinajstić information content (AvgIpc) is 2.95. The molecule has 0 aliphatic carbocycles. The van der Waals surface area contributed by atoms with E-state index in [1.54, 1.807) is 0 Å². The molecule has 0 fully saturated rings. The van der Waals surface area contributed by atoms with Gasteiger partial charge in [0.05, 0.1) is 11.5 Å². The van der Waals surface area contributed by atoms with Gasteiger partial charge in [0.1, 0.15) is 5.82 Å². The lowest BCUT2D eigenvalue weighted by atomic mass is 10.2. The molecule has 1 aromatic heterocycles. The molecule has 0 aliphatic rings. The molecule has 1 aromatic carbocycles. The fourth-order valence-electron chi connectivity index (χ4n) is 2.07. The first kappa shape index (κ1) is 17.9. The molecule has 0 aliphatic heterocycles. The molecular weight excluding hydrogens is 328 g/mol. The largest absolute Gasteiger partial charge is 0.325 e. The lowest BCUT2D eigenvalue weighted by Crippen LogP contribution is -2.15. The van der Waals surface area contributed by atoms with Gasteiger partial charge in [-0.05, 0) is 31.2 Å². The minimum atomic E-state index is -0.0283. The molecule has 0 saturated carbocycles. The second-order valence-electron chi connectivity index (χ2n) is 4.93. The van der Waals surface area contributed by atoms with Crippen LogP contribution in [0.4, 0.5) is 5.69 Å². The van der Waals surface area contributed by atoms with Crippen LogP contribution in [-0.4, -0.2) is 32.2 Å². The van der Waals surface area contributed by atoms with E-state index in [2.05, 4.69) is 33.9 Å². The van der Waals surface area contributed by atoms with Crippen LogP contribution in [0.3, 0.4) is 0 Å². The molecule has 23 heavy (non-hydrogen) atoms. The number of thioether (sulfide) groups is 2. The highest BCUT2D eigenvalue weighted by Gasteiger charge is 2.13. The van der Waals surface area contributed by atoms with Crippen LogP contribution in [0.15, 0.2) is 29.4 Å². The van der Waals surface area contributed by atoms with Crippen LogP contribution < -0.4 is 5.32 Å². The van der Waals surface area contributed by atoms with Gasteiger partial charge in [-0.15, -0.1) is 10.2 Å². The summed E-state index contributed by atoms with van der Waals surface area (Å²) in [6, 6.07) is 7.76. The number of aromatic nitrogens is 3. The number of aryl methyl sites for hydroxylation is 1. The fraction of sp³-hybridized carbons (Fsp3) is 0.438. The zero-order valence-corrected chi connectivity index (χ0v) is 15.3. The normalized spacial score (nSPS) is 10.7. The lowest BCUT2D eigenvalue weighted by Gasteiger charge is -2.09. The molecule has 1 N–H and O–H groups in total. The van der Waals surface area contributed by atoms with Crippen molar-refractivity contribution in [1.82, 2.24) is 14.8 Å². The van der Waals surface area contributed by atoms with E-state index in [1.807, 2.05) is 43.0 Å². The number of benzene rings is 1. The Balaban J connectivity index is 1.94. The van der Waals surface area contributed by atoms with Gasteiger partial charge in [0.2, 0.25) is 5.91 Å². The van der Waals surface area contributed by atoms with Crippen molar-refractivity contribution < 1.29 is 4.79 Å². The van der Waals surface area contributed by atoms with Crippen molar-refractivity contribution in [3.05, 3.63) is 35.7 Å². The number of nitrogens with zero attached hydrogens (tertiary/aromatic N) is 3. The van der Waals surface area contributed by atoms with E-state index < -0.39 is 0 Å². The molecule has 7 heteroatoms. The summed E-state index contributed by atoms with van der Waals surface area (Å²) in [5.41, 5.74) is 1.91. The maximum atomic E-state index is 12.1. The van der Waals surface area contributed by atoms with Crippen molar-refractivity contribution in [2.45, 2.75) is 38.2 Å². The van der Waals surface area contributed by atoms with Crippen LogP contribution in [-0.2, 0) is 17.1 Å². The maximum Gasteiger partial charge on any atom is 0.234 e. The minimum Gasteiger partial charge on any atom is -0.325 e. The zero-order valence-electron chi connectivity index (χ0n) is 13.7. The van der Waals surface area contributed by atoms with Crippen molar-refractivity contribution in [3.8, 4) is 0 Å². The molecule has 0 spiro atoms. The van der Waals surface area contributed by atoms with Crippen LogP contribution >= 0.6 is 23.5 Å². The molecule has 0 radical (unpaired) electrons. The highest BCUT2D eigenvalue weighted by molar-refractivity contribution is 7.99. The number of amides is 1. The Morgan fingerprint density at radius 3 is 2.74 bits per heavy atom. The summed E-state index contributed by atoms with van der Waals surface area (Å²) in [5.74, 6) is 3.18. The van der Waals surface area contributed by atoms with E-state index in [1.165, 1.54) is 11.8 Å². The number of hydrogen-bond acceptors (Lipinski definition) is 5. The molecule has 0 bridgehead atoms. The van der Waals surface area contributed by atoms with E-state index in [0.717, 1.165) is 40.3 Å². The molecule has 124 valence electrons. The first-order valence-corrected chi connectivity index (χ1v) is 9.77. The Kier molecular flexibility index (Phi) is 6.98. The van der Waals surface area contributed by atoms with Gasteiger partial charge >= 0.3 is 0 Å². The minimum absolute atomic E-state index is 0.0283. The molecule has 2 rings (SSSR count). The van der Waals surface area contributed by atoms with Gasteiger partial charge in [0, 0.05) is 12.2 Å². The topological polar surface area (TPSA) is 59.8 Å². The van der Waals surface area contributed by atoms with Gasteiger partial charge in [-0.2, -0.15) is 11.8 Å². The van der Waals surface area contributed by atoms with E-state index in [9.17, 15) is 4.79 Å². The number of rotatable bonds is 8. The lowest BCUT2D eigenvalue weighted by molar-refractivity contribution is -0.113. The highest BCUT2D eigenvalue weighted by Crippen LogP contribution is 2.20. The molecule has 0 unspecified atom stereocenters. The van der Waals surface area contributed by atoms with E-state index in [4.69, 9.17) is 0 Å². The SMILES string of the molecule is CCSCc1nnc(SCC(=O)Nc2ccccc2C)n1CC. The Morgan fingerprint density at radius 2 is 2.04 bits per heavy atom. The van der Waals surface area contributed by atoms with Crippen LogP contribution in [0.2, 0.25) is 0 Å². The van der Waals surface area contributed by atoms with Gasteiger partial charge in [-0.1, -0.05) is 36.9 Å². The monoisotopic (exact) mass is 350 g/mol. The van der Waals surface area contributed by atoms with Crippen LogP contribution in [0, 0.1) is 6.92 Å². The maximum absolute atomic E-state index is 12.1. The van der Waals surface area contributed by atoms with E-state index in [-0.39, 0.29) is 5.91 Å². The number of carbonyl (C=O) groups is 1. The molecule has 0 saturated heterocycles. The van der Waals surface area contributed by atoms with Gasteiger partial charge in [0.15, 0.2) is 5.16 Å². The zero-order chi connectivity index (χ0) is 16.7. The average molecular weight is 351 g/mol. The van der Waals surface area contributed by atoms with Crippen molar-refractivity contribution in [3.63, 3.8) is 0 Å². The third-order valence-electron chi connectivity index (χ3n) is 3.30. The molecule has 5 nitrogen and oxygen atoms in total. The molecule has 1 amide bonds. The quantitative estimate of drug-likeness (QED) is 0.737. The fourth-order valence-corrected chi connectivity index (χ4v) is 3.49. The Hall–Kier alpha value is -1.47. The van der Waals surface area contributed by atoms with E-state index >= 15 is 0 Å². The highest BCUT2D eigenvalue weighted by atomic mass is 32.2. The van der Waals surface area contributed by atoms with Crippen molar-refractivity contribution >= 4 is 35.1 Å². The van der Waals surface area contributed by atoms with Crippen LogP contribution in [0.5, 0.6) is 0 Å². The van der Waals surface area contributed by atoms with E-state index in [0.29, 0.717) is 5.75 Å². The summed E-state index contributed by atoms with van der Waals surface area (Å²) in [5, 5.41) is 12.2. The van der Waals surface area contributed by atoms with Crippen molar-refractivity contribution in [2.24, 2.45) is 0 Å². The Bertz CT molecular complexity index is 657. The Morgan fingerprint density at radius 1 is 1.26 bits per heavy atom. The van der Waals surface area contributed by atoms with Crippen molar-refractivity contribution in [1.29, 1.82) is 0 Å². The summed E-state index contributed by atoms with van der Waals surface area (Å²) in [7, 11) is 0. The Labute approximate surface area is 145 Å². The molecule has 1 heterocycles. The van der Waals surface area contributed by atoms with Gasteiger partial charge in [0.25, 0.3) is 0 Å². The summed E-state index contributed by atoms with van der Waals surface area (Å²) < 4.78 is 2.08. The number of anilines is 1. The number of para-hydroxylation sites is 1.